The number of hydrogen-bond donors (Lipinski definition) is 2. The maximum Gasteiger partial charge on any atom is 0.227 e. The molecule has 1 saturated heterocycles. The highest BCUT2D eigenvalue weighted by atomic mass is 32.2. The second-order valence-corrected chi connectivity index (χ2v) is 12.8. The number of hydrogen-bond acceptors (Lipinski definition) is 7. The smallest absolute Gasteiger partial charge is 0.227 e. The van der Waals surface area contributed by atoms with Crippen molar-refractivity contribution < 1.29 is 13.2 Å². The van der Waals surface area contributed by atoms with Gasteiger partial charge in [0, 0.05) is 61.9 Å². The monoisotopic (exact) mass is 500 g/mol. The quantitative estimate of drug-likeness (QED) is 0.628. The number of sulfonamides is 1. The second-order valence-electron chi connectivity index (χ2n) is 10.3. The maximum absolute atomic E-state index is 12.8. The summed E-state index contributed by atoms with van der Waals surface area (Å²) < 4.78 is 26.8. The summed E-state index contributed by atoms with van der Waals surface area (Å²) in [7, 11) is -3.38. The van der Waals surface area contributed by atoms with E-state index in [1.807, 2.05) is 30.3 Å². The number of nitrogens with zero attached hydrogens (tertiary/aromatic N) is 4. The summed E-state index contributed by atoms with van der Waals surface area (Å²) in [6.45, 7) is 8.56. The van der Waals surface area contributed by atoms with Gasteiger partial charge in [-0.1, -0.05) is 0 Å². The molecule has 0 atom stereocenters. The van der Waals surface area contributed by atoms with Gasteiger partial charge in [0.05, 0.1) is 4.75 Å². The Balaban J connectivity index is 1.24. The molecular formula is C25H36N6O3S. The van der Waals surface area contributed by atoms with Gasteiger partial charge in [-0.2, -0.15) is 0 Å². The summed E-state index contributed by atoms with van der Waals surface area (Å²) in [6, 6.07) is 9.71. The summed E-state index contributed by atoms with van der Waals surface area (Å²) in [5.41, 5.74) is 1.91. The number of aromatic nitrogens is 2. The van der Waals surface area contributed by atoms with Gasteiger partial charge in [-0.15, -0.1) is 0 Å². The van der Waals surface area contributed by atoms with Crippen LogP contribution in [0.5, 0.6) is 0 Å². The number of benzene rings is 1. The largest absolute Gasteiger partial charge is 0.368 e. The van der Waals surface area contributed by atoms with E-state index in [9.17, 15) is 13.2 Å². The zero-order valence-electron chi connectivity index (χ0n) is 20.8. The molecule has 1 aliphatic heterocycles. The fraction of sp³-hybridized carbons (Fsp3) is 0.560. The van der Waals surface area contributed by atoms with Crippen LogP contribution in [0.1, 0.15) is 46.5 Å². The minimum absolute atomic E-state index is 0.00588. The third-order valence-corrected chi connectivity index (χ3v) is 9.10. The van der Waals surface area contributed by atoms with Crippen molar-refractivity contribution in [1.29, 1.82) is 0 Å². The van der Waals surface area contributed by atoms with Gasteiger partial charge >= 0.3 is 0 Å². The van der Waals surface area contributed by atoms with Crippen molar-refractivity contribution in [3.63, 3.8) is 0 Å². The Morgan fingerprint density at radius 1 is 0.914 bits per heavy atom. The first-order chi connectivity index (χ1) is 16.6. The Hall–Kier alpha value is -2.72. The lowest BCUT2D eigenvalue weighted by atomic mass is 9.86. The van der Waals surface area contributed by atoms with E-state index < -0.39 is 14.8 Å². The summed E-state index contributed by atoms with van der Waals surface area (Å²) in [5.74, 6) is 0.676. The van der Waals surface area contributed by atoms with Crippen molar-refractivity contribution in [3.8, 4) is 0 Å². The number of amides is 1. The highest BCUT2D eigenvalue weighted by Gasteiger charge is 2.34. The molecule has 0 spiro atoms. The third-order valence-electron chi connectivity index (χ3n) is 6.84. The summed E-state index contributed by atoms with van der Waals surface area (Å²) >= 11 is 0. The predicted octanol–water partition coefficient (Wildman–Crippen LogP) is 3.02. The summed E-state index contributed by atoms with van der Waals surface area (Å²) in [5, 5.41) is 3.04. The molecule has 2 N–H and O–H groups in total. The van der Waals surface area contributed by atoms with Gasteiger partial charge in [0.1, 0.15) is 0 Å². The van der Waals surface area contributed by atoms with Gasteiger partial charge in [0.15, 0.2) is 0 Å². The molecule has 2 fully saturated rings. The molecule has 0 unspecified atom stereocenters. The fourth-order valence-corrected chi connectivity index (χ4v) is 5.52. The van der Waals surface area contributed by atoms with E-state index in [2.05, 4.69) is 29.8 Å². The van der Waals surface area contributed by atoms with Gasteiger partial charge in [-0.3, -0.25) is 4.79 Å². The molecule has 4 rings (SSSR count). The Bertz CT molecular complexity index is 1090. The van der Waals surface area contributed by atoms with Gasteiger partial charge in [-0.05, 0) is 76.8 Å². The predicted molar refractivity (Wildman–Crippen MR) is 139 cm³/mol. The zero-order valence-corrected chi connectivity index (χ0v) is 21.6. The van der Waals surface area contributed by atoms with Crippen molar-refractivity contribution in [1.82, 2.24) is 14.7 Å². The molecular weight excluding hydrogens is 464 g/mol. The molecule has 0 bridgehead atoms. The van der Waals surface area contributed by atoms with Gasteiger partial charge in [0.25, 0.3) is 0 Å². The number of nitrogens with one attached hydrogen (secondary N) is 2. The molecule has 1 aliphatic carbocycles. The Morgan fingerprint density at radius 3 is 2.06 bits per heavy atom. The molecule has 1 aromatic carbocycles. The average Bonchev–Trinajstić information content (AvgIpc) is 2.85. The minimum atomic E-state index is -3.38. The highest BCUT2D eigenvalue weighted by molar-refractivity contribution is 7.90. The summed E-state index contributed by atoms with van der Waals surface area (Å²) in [6.07, 6.45) is 6.23. The normalized spacial score (nSPS) is 21.6. The molecule has 0 radical (unpaired) electrons. The van der Waals surface area contributed by atoms with Gasteiger partial charge < -0.3 is 15.1 Å². The van der Waals surface area contributed by atoms with E-state index in [4.69, 9.17) is 0 Å². The van der Waals surface area contributed by atoms with Crippen molar-refractivity contribution in [3.05, 3.63) is 42.7 Å². The Morgan fingerprint density at radius 2 is 1.49 bits per heavy atom. The molecule has 10 heteroatoms. The van der Waals surface area contributed by atoms with Crippen molar-refractivity contribution >= 4 is 33.3 Å². The molecule has 2 heterocycles. The molecule has 190 valence electrons. The standard InChI is InChI=1S/C25H36N6O3S/c1-25(2,3)35(33,34)29-21-7-5-19(6-8-21)23(32)28-20-9-11-22(12-10-20)30-15-17-31(18-16-30)24-26-13-4-14-27-24/h4,9-14,19,21,29H,5-8,15-18H2,1-3H3,(H,28,32). The molecule has 1 saturated carbocycles. The van der Waals surface area contributed by atoms with E-state index in [0.717, 1.165) is 43.5 Å². The molecule has 1 amide bonds. The van der Waals surface area contributed by atoms with Crippen LogP contribution in [0.3, 0.4) is 0 Å². The first kappa shape index (κ1) is 25.4. The van der Waals surface area contributed by atoms with E-state index in [1.165, 1.54) is 0 Å². The van der Waals surface area contributed by atoms with Crippen molar-refractivity contribution in [2.24, 2.45) is 5.92 Å². The number of carbonyl (C=O) groups is 1. The lowest BCUT2D eigenvalue weighted by Crippen LogP contribution is -2.47. The first-order valence-corrected chi connectivity index (χ1v) is 13.8. The van der Waals surface area contributed by atoms with Crippen LogP contribution in [-0.4, -0.2) is 61.3 Å². The summed E-state index contributed by atoms with van der Waals surface area (Å²) in [4.78, 5) is 26.0. The Labute approximate surface area is 208 Å². The van der Waals surface area contributed by atoms with Crippen molar-refractivity contribution in [2.45, 2.75) is 57.2 Å². The molecule has 9 nitrogen and oxygen atoms in total. The van der Waals surface area contributed by atoms with Crippen LogP contribution in [0.25, 0.3) is 0 Å². The average molecular weight is 501 g/mol. The van der Waals surface area contributed by atoms with E-state index >= 15 is 0 Å². The minimum Gasteiger partial charge on any atom is -0.368 e. The first-order valence-electron chi connectivity index (χ1n) is 12.3. The van der Waals surface area contributed by atoms with Crippen LogP contribution in [0.15, 0.2) is 42.7 Å². The third kappa shape index (κ3) is 6.29. The van der Waals surface area contributed by atoms with Crippen molar-refractivity contribution in [2.75, 3.05) is 41.3 Å². The van der Waals surface area contributed by atoms with E-state index in [0.29, 0.717) is 25.7 Å². The van der Waals surface area contributed by atoms with E-state index in [1.54, 1.807) is 33.2 Å². The number of piperazine rings is 1. The van der Waals surface area contributed by atoms with Crippen LogP contribution in [0.2, 0.25) is 0 Å². The van der Waals surface area contributed by atoms with Crippen LogP contribution < -0.4 is 19.8 Å². The molecule has 2 aromatic rings. The van der Waals surface area contributed by atoms with Gasteiger partial charge in [-0.25, -0.2) is 23.1 Å². The second kappa shape index (κ2) is 10.5. The molecule has 2 aliphatic rings. The van der Waals surface area contributed by atoms with Crippen LogP contribution >= 0.6 is 0 Å². The topological polar surface area (TPSA) is 108 Å². The molecule has 1 aromatic heterocycles. The van der Waals surface area contributed by atoms with Crippen LogP contribution in [-0.2, 0) is 14.8 Å². The SMILES string of the molecule is CC(C)(C)S(=O)(=O)NC1CCC(C(=O)Nc2ccc(N3CCN(c4ncccn4)CC3)cc2)CC1. The maximum atomic E-state index is 12.8. The number of carbonyl (C=O) groups excluding carboxylic acids is 1. The zero-order chi connectivity index (χ0) is 25.1. The fourth-order valence-electron chi connectivity index (χ4n) is 4.49. The highest BCUT2D eigenvalue weighted by Crippen LogP contribution is 2.28. The molecule has 35 heavy (non-hydrogen) atoms. The Kier molecular flexibility index (Phi) is 7.61. The van der Waals surface area contributed by atoms with Crippen LogP contribution in [0, 0.1) is 5.92 Å². The van der Waals surface area contributed by atoms with Gasteiger partial charge in [0.2, 0.25) is 21.9 Å². The number of anilines is 3. The number of rotatable bonds is 6. The van der Waals surface area contributed by atoms with E-state index in [-0.39, 0.29) is 17.9 Å². The lowest BCUT2D eigenvalue weighted by Gasteiger charge is -2.36. The lowest BCUT2D eigenvalue weighted by molar-refractivity contribution is -0.120. The van der Waals surface area contributed by atoms with Crippen LogP contribution in [0.4, 0.5) is 17.3 Å².